The Morgan fingerprint density at radius 1 is 0.879 bits per heavy atom. The number of carboxylic acid groups (broad SMARTS) is 2. The van der Waals surface area contributed by atoms with Gasteiger partial charge in [-0.2, -0.15) is 0 Å². The number of halogens is 4. The van der Waals surface area contributed by atoms with E-state index in [0.717, 1.165) is 17.8 Å². The van der Waals surface area contributed by atoms with Crippen molar-refractivity contribution in [2.24, 2.45) is 5.73 Å². The van der Waals surface area contributed by atoms with Crippen LogP contribution in [0.2, 0.25) is 0 Å². The lowest BCUT2D eigenvalue weighted by Crippen LogP contribution is -2.49. The summed E-state index contributed by atoms with van der Waals surface area (Å²) in [5, 5.41) is 46.2. The molecule has 58 heavy (non-hydrogen) atoms. The predicted molar refractivity (Wildman–Crippen MR) is 190 cm³/mol. The van der Waals surface area contributed by atoms with E-state index in [4.69, 9.17) is 25.4 Å². The summed E-state index contributed by atoms with van der Waals surface area (Å²) in [6.07, 6.45) is -0.725. The zero-order valence-corrected chi connectivity index (χ0v) is 30.0. The van der Waals surface area contributed by atoms with E-state index < -0.39 is 107 Å². The van der Waals surface area contributed by atoms with Gasteiger partial charge in [0.15, 0.2) is 34.6 Å². The molecule has 302 valence electrons. The van der Waals surface area contributed by atoms with E-state index in [0.29, 0.717) is 0 Å². The summed E-state index contributed by atoms with van der Waals surface area (Å²) in [7, 11) is 0. The van der Waals surface area contributed by atoms with Crippen molar-refractivity contribution < 1.29 is 76.2 Å². The van der Waals surface area contributed by atoms with E-state index in [2.05, 4.69) is 16.0 Å². The van der Waals surface area contributed by atoms with Gasteiger partial charge in [-0.1, -0.05) is 6.07 Å². The molecule has 0 bridgehead atoms. The number of thioether (sulfide) groups is 1. The van der Waals surface area contributed by atoms with Crippen LogP contribution >= 0.6 is 11.8 Å². The van der Waals surface area contributed by atoms with Gasteiger partial charge in [0, 0.05) is 46.7 Å². The minimum absolute atomic E-state index is 0.0707. The summed E-state index contributed by atoms with van der Waals surface area (Å²) < 4.78 is 68.6. The van der Waals surface area contributed by atoms with Gasteiger partial charge in [0.25, 0.3) is 5.91 Å². The first-order valence-electron chi connectivity index (χ1n) is 16.7. The number of anilines is 1. The largest absolute Gasteiger partial charge is 0.508 e. The smallest absolute Gasteiger partial charge is 0.340 e. The lowest BCUT2D eigenvalue weighted by molar-refractivity contribution is -0.139. The monoisotopic (exact) mass is 828 g/mol. The Morgan fingerprint density at radius 2 is 1.55 bits per heavy atom. The number of carbonyl (C=O) groups excluding carboxylic acids is 4. The minimum Gasteiger partial charge on any atom is -0.508 e. The van der Waals surface area contributed by atoms with Gasteiger partial charge in [-0.05, 0) is 42.8 Å². The molecular weight excluding hydrogens is 800 g/mol. The van der Waals surface area contributed by atoms with Crippen molar-refractivity contribution in [3.63, 3.8) is 0 Å². The molecule has 3 unspecified atom stereocenters. The average Bonchev–Trinajstić information content (AvgIpc) is 3.45. The number of hydrogen-bond donors (Lipinski definition) is 8. The van der Waals surface area contributed by atoms with Crippen molar-refractivity contribution in [3.8, 4) is 23.0 Å². The third-order valence-electron chi connectivity index (χ3n) is 8.95. The second kappa shape index (κ2) is 15.9. The second-order valence-corrected chi connectivity index (χ2v) is 13.8. The van der Waals surface area contributed by atoms with Gasteiger partial charge in [-0.25, -0.2) is 22.4 Å². The lowest BCUT2D eigenvalue weighted by Gasteiger charge is -2.37. The van der Waals surface area contributed by atoms with Gasteiger partial charge >= 0.3 is 17.9 Å². The number of aliphatic carboxylic acids is 2. The normalized spacial score (nSPS) is 15.8. The number of carbonyl (C=O) groups is 6. The van der Waals surface area contributed by atoms with Gasteiger partial charge in [0.1, 0.15) is 41.4 Å². The Bertz CT molecular complexity index is 2410. The number of benzene rings is 4. The number of phenols is 2. The van der Waals surface area contributed by atoms with Gasteiger partial charge in [-0.15, -0.1) is 11.8 Å². The molecule has 3 amide bonds. The molecule has 0 fully saturated rings. The first-order chi connectivity index (χ1) is 27.4. The summed E-state index contributed by atoms with van der Waals surface area (Å²) in [6, 6.07) is 6.99. The van der Waals surface area contributed by atoms with Crippen molar-refractivity contribution >= 4 is 53.1 Å². The van der Waals surface area contributed by atoms with E-state index in [9.17, 15) is 56.5 Å². The highest BCUT2D eigenvalue weighted by molar-refractivity contribution is 7.99. The molecule has 0 radical (unpaired) electrons. The maximum absolute atomic E-state index is 14.4. The van der Waals surface area contributed by atoms with E-state index >= 15 is 0 Å². The number of carboxylic acids is 2. The number of nitrogens with one attached hydrogen (secondary N) is 3. The van der Waals surface area contributed by atoms with Crippen molar-refractivity contribution in [3.05, 3.63) is 106 Å². The van der Waals surface area contributed by atoms with Crippen LogP contribution in [0.1, 0.15) is 50.2 Å². The van der Waals surface area contributed by atoms with Crippen LogP contribution < -0.4 is 26.4 Å². The maximum atomic E-state index is 14.4. The third-order valence-corrected chi connectivity index (χ3v) is 10.1. The summed E-state index contributed by atoms with van der Waals surface area (Å²) in [4.78, 5) is 74.4. The fourth-order valence-electron chi connectivity index (χ4n) is 6.24. The first kappa shape index (κ1) is 40.8. The molecule has 0 aromatic heterocycles. The molecule has 0 aliphatic carbocycles. The summed E-state index contributed by atoms with van der Waals surface area (Å²) >= 11 is 0.736. The zero-order chi connectivity index (χ0) is 42.2. The molecule has 4 aromatic carbocycles. The van der Waals surface area contributed by atoms with Gasteiger partial charge in [-0.3, -0.25) is 24.0 Å². The van der Waals surface area contributed by atoms with Crippen LogP contribution in [0.3, 0.4) is 0 Å². The molecule has 4 aromatic rings. The molecule has 21 heteroatoms. The molecule has 2 heterocycles. The summed E-state index contributed by atoms with van der Waals surface area (Å²) in [5.41, 5.74) is 1.87. The maximum Gasteiger partial charge on any atom is 0.340 e. The van der Waals surface area contributed by atoms with Crippen LogP contribution in [0.4, 0.5) is 23.2 Å². The molecule has 3 atom stereocenters. The number of nitrogens with two attached hydrogens (primary N) is 1. The number of rotatable bonds is 13. The Balaban J connectivity index is 1.37. The van der Waals surface area contributed by atoms with Crippen LogP contribution in [0.5, 0.6) is 23.0 Å². The second-order valence-electron chi connectivity index (χ2n) is 12.7. The van der Waals surface area contributed by atoms with E-state index in [1.807, 2.05) is 0 Å². The van der Waals surface area contributed by atoms with Crippen molar-refractivity contribution in [1.82, 2.24) is 10.6 Å². The lowest BCUT2D eigenvalue weighted by atomic mass is 9.77. The Labute approximate surface area is 326 Å². The molecule has 16 nitrogen and oxygen atoms in total. The molecule has 2 aliphatic rings. The number of fused-ring (bicyclic) bond motifs is 6. The first-order valence-corrected chi connectivity index (χ1v) is 17.7. The van der Waals surface area contributed by atoms with E-state index in [-0.39, 0.29) is 62.6 Å². The quantitative estimate of drug-likeness (QED) is 0.0416. The van der Waals surface area contributed by atoms with Crippen LogP contribution in [-0.4, -0.2) is 80.4 Å². The topological polar surface area (TPSA) is 264 Å². The van der Waals surface area contributed by atoms with Crippen LogP contribution in [0.25, 0.3) is 0 Å². The number of hydrogen-bond acceptors (Lipinski definition) is 12. The number of aromatic hydroxyl groups is 2. The van der Waals surface area contributed by atoms with Crippen molar-refractivity contribution in [2.75, 3.05) is 17.6 Å². The number of esters is 1. The van der Waals surface area contributed by atoms with Crippen molar-refractivity contribution in [2.45, 2.75) is 35.4 Å². The van der Waals surface area contributed by atoms with Crippen molar-refractivity contribution in [1.29, 1.82) is 0 Å². The van der Waals surface area contributed by atoms with Crippen LogP contribution in [-0.2, 0) is 29.5 Å². The Hall–Kier alpha value is -6.87. The summed E-state index contributed by atoms with van der Waals surface area (Å²) in [5.74, 6) is -16.1. The van der Waals surface area contributed by atoms with Crippen LogP contribution in [0, 0.1) is 23.3 Å². The number of phenolic OH excluding ortho intramolecular Hbond substituents is 2. The summed E-state index contributed by atoms with van der Waals surface area (Å²) in [6.45, 7) is -0.828. The highest BCUT2D eigenvalue weighted by Crippen LogP contribution is 2.59. The van der Waals surface area contributed by atoms with E-state index in [1.165, 1.54) is 42.5 Å². The minimum atomic E-state index is -1.96. The fraction of sp³-hybridized carbons (Fsp3) is 0.189. The highest BCUT2D eigenvalue weighted by Gasteiger charge is 2.54. The molecule has 0 saturated heterocycles. The predicted octanol–water partition coefficient (Wildman–Crippen LogP) is 3.44. The Morgan fingerprint density at radius 3 is 2.22 bits per heavy atom. The van der Waals surface area contributed by atoms with Gasteiger partial charge in [0.05, 0.1) is 10.5 Å². The highest BCUT2D eigenvalue weighted by atomic mass is 32.2. The average molecular weight is 829 g/mol. The van der Waals surface area contributed by atoms with E-state index in [1.54, 1.807) is 0 Å². The molecule has 6 rings (SSSR count). The zero-order valence-electron chi connectivity index (χ0n) is 29.2. The molecule has 2 aliphatic heterocycles. The Kier molecular flexibility index (Phi) is 11.2. The van der Waals surface area contributed by atoms with Gasteiger partial charge in [0.2, 0.25) is 11.8 Å². The number of amides is 3. The standard InChI is InChI=1S/C37H28F4N4O12S/c38-20-11-21(39)30(41)28(29(20)40)34(52)44-14-1-3-17-16(9-14)36(55)57-37(17)18-4-2-15(46)10-25(18)56-31-19(37)5-7-24(47)32(31)58-13-23(33(51)43-12-27(49)50)45-26(48)8-6-22(42)35(53)54/h1-5,7,9-11,22-23,46-47H,6,8,12-13,42H2,(H,43,51)(H,44,52)(H,45,48)(H,49,50)(H,53,54). The number of ether oxygens (including phenoxy) is 2. The molecule has 9 N–H and O–H groups in total. The molecule has 0 saturated carbocycles. The third kappa shape index (κ3) is 7.63. The SMILES string of the molecule is NC(CCC(=O)NC(CSc1c(O)ccc2c1Oc1cc(O)ccc1C21OC(=O)c2cc(NC(=O)c3c(F)c(F)cc(F)c3F)ccc21)C(=O)NCC(=O)O)C(=O)O. The van der Waals surface area contributed by atoms with Crippen LogP contribution in [0.15, 0.2) is 59.5 Å². The molecular formula is C37H28F4N4O12S. The fourth-order valence-corrected chi connectivity index (χ4v) is 7.30. The van der Waals surface area contributed by atoms with Gasteiger partial charge < -0.3 is 51.6 Å². The molecule has 1 spiro atoms.